The highest BCUT2D eigenvalue weighted by atomic mass is 32.2. The van der Waals surface area contributed by atoms with Gasteiger partial charge in [0.2, 0.25) is 10.1 Å². The van der Waals surface area contributed by atoms with Gasteiger partial charge in [0.05, 0.1) is 10.2 Å². The van der Waals surface area contributed by atoms with Crippen LogP contribution in [0.25, 0.3) is 10.2 Å². The Morgan fingerprint density at radius 2 is 1.61 bits per heavy atom. The molecular formula is C15H9F2NO3S2. The Balaban J connectivity index is 2.08. The number of aromatic nitrogens is 1. The molecule has 1 aromatic heterocycles. The molecule has 0 saturated heterocycles. The van der Waals surface area contributed by atoms with Crippen LogP contribution in [-0.4, -0.2) is 24.4 Å². The molecule has 2 aromatic carbocycles. The molecule has 23 heavy (non-hydrogen) atoms. The molecule has 0 aliphatic carbocycles. The van der Waals surface area contributed by atoms with E-state index in [1.54, 1.807) is 18.2 Å². The monoisotopic (exact) mass is 353 g/mol. The number of carbonyl (C=O) groups is 1. The number of halogens is 2. The third kappa shape index (κ3) is 2.53. The van der Waals surface area contributed by atoms with Crippen molar-refractivity contribution in [2.45, 2.75) is 9.59 Å². The molecule has 0 unspecified atom stereocenters. The Morgan fingerprint density at radius 1 is 1.00 bits per heavy atom. The van der Waals surface area contributed by atoms with Crippen molar-refractivity contribution in [3.8, 4) is 0 Å². The molecule has 0 atom stereocenters. The van der Waals surface area contributed by atoms with Crippen molar-refractivity contribution < 1.29 is 22.0 Å². The van der Waals surface area contributed by atoms with Gasteiger partial charge in [0.1, 0.15) is 0 Å². The molecule has 118 valence electrons. The third-order valence-electron chi connectivity index (χ3n) is 3.14. The van der Waals surface area contributed by atoms with E-state index in [1.807, 2.05) is 0 Å². The fourth-order valence-corrected chi connectivity index (χ4v) is 4.47. The minimum Gasteiger partial charge on any atom is -0.286 e. The first-order valence-electron chi connectivity index (χ1n) is 6.42. The van der Waals surface area contributed by atoms with Crippen molar-refractivity contribution in [1.29, 1.82) is 0 Å². The number of carbonyl (C=O) groups excluding carboxylic acids is 1. The number of hydrogen-bond acceptors (Lipinski definition) is 5. The Morgan fingerprint density at radius 3 is 2.26 bits per heavy atom. The quantitative estimate of drug-likeness (QED) is 0.673. The average molecular weight is 353 g/mol. The number of thiazole rings is 1. The van der Waals surface area contributed by atoms with Gasteiger partial charge in [-0.25, -0.2) is 13.4 Å². The molecular weight excluding hydrogens is 344 g/mol. The lowest BCUT2D eigenvalue weighted by molar-refractivity contribution is 0.0526. The van der Waals surface area contributed by atoms with Gasteiger partial charge in [-0.15, -0.1) is 11.3 Å². The number of rotatable bonds is 4. The van der Waals surface area contributed by atoms with Crippen LogP contribution in [0.1, 0.15) is 10.4 Å². The van der Waals surface area contributed by atoms with Crippen molar-refractivity contribution in [3.05, 3.63) is 60.2 Å². The van der Waals surface area contributed by atoms with E-state index in [-0.39, 0.29) is 5.56 Å². The molecule has 0 fully saturated rings. The van der Waals surface area contributed by atoms with Crippen molar-refractivity contribution in [2.24, 2.45) is 0 Å². The fourth-order valence-electron chi connectivity index (χ4n) is 1.96. The lowest BCUT2D eigenvalue weighted by Gasteiger charge is -2.13. The number of ketones is 1. The summed E-state index contributed by atoms with van der Waals surface area (Å²) >= 11 is 0.612. The SMILES string of the molecule is O=C(c1ccccc1)C(F)(F)S(=O)(=O)c1nc2ccccc2s1. The standard InChI is InChI=1S/C15H9F2NO3S2/c16-15(17,13(19)10-6-2-1-3-7-10)23(20,21)14-18-11-8-4-5-9-12(11)22-14/h1-9H. The maximum atomic E-state index is 14.3. The molecule has 8 heteroatoms. The first kappa shape index (κ1) is 15.7. The second-order valence-electron chi connectivity index (χ2n) is 4.66. The van der Waals surface area contributed by atoms with Crippen LogP contribution in [0.5, 0.6) is 0 Å². The second kappa shape index (κ2) is 5.47. The molecule has 3 rings (SSSR count). The van der Waals surface area contributed by atoms with Crippen molar-refractivity contribution in [1.82, 2.24) is 4.98 Å². The largest absolute Gasteiger partial charge is 0.413 e. The Kier molecular flexibility index (Phi) is 3.73. The van der Waals surface area contributed by atoms with Crippen molar-refractivity contribution in [2.75, 3.05) is 0 Å². The average Bonchev–Trinajstić information content (AvgIpc) is 2.99. The molecule has 0 spiro atoms. The smallest absolute Gasteiger partial charge is 0.286 e. The highest BCUT2D eigenvalue weighted by Gasteiger charge is 2.55. The second-order valence-corrected chi connectivity index (χ2v) is 7.86. The summed E-state index contributed by atoms with van der Waals surface area (Å²) in [5, 5.41) is -4.58. The van der Waals surface area contributed by atoms with Gasteiger partial charge in [0, 0.05) is 5.56 Å². The summed E-state index contributed by atoms with van der Waals surface area (Å²) in [5.74, 6) is -1.77. The molecule has 0 bridgehead atoms. The Hall–Kier alpha value is -2.19. The number of hydrogen-bond donors (Lipinski definition) is 0. The predicted molar refractivity (Wildman–Crippen MR) is 82.5 cm³/mol. The molecule has 0 saturated carbocycles. The van der Waals surface area contributed by atoms with Gasteiger partial charge >= 0.3 is 5.25 Å². The summed E-state index contributed by atoms with van der Waals surface area (Å²) < 4.78 is 52.8. The van der Waals surface area contributed by atoms with Crippen LogP contribution in [0.4, 0.5) is 8.78 Å². The molecule has 0 radical (unpaired) electrons. The number of fused-ring (bicyclic) bond motifs is 1. The van der Waals surface area contributed by atoms with Crippen LogP contribution in [0.2, 0.25) is 0 Å². The highest BCUT2D eigenvalue weighted by Crippen LogP contribution is 2.36. The van der Waals surface area contributed by atoms with Gasteiger partial charge in [0.25, 0.3) is 9.84 Å². The van der Waals surface area contributed by atoms with E-state index in [0.29, 0.717) is 21.6 Å². The fraction of sp³-hybridized carbons (Fsp3) is 0.0667. The van der Waals surface area contributed by atoms with E-state index >= 15 is 0 Å². The third-order valence-corrected chi connectivity index (χ3v) is 6.29. The lowest BCUT2D eigenvalue weighted by Crippen LogP contribution is -2.37. The molecule has 0 N–H and O–H groups in total. The topological polar surface area (TPSA) is 64.1 Å². The number of alkyl halides is 2. The first-order valence-corrected chi connectivity index (χ1v) is 8.72. The molecule has 4 nitrogen and oxygen atoms in total. The molecule has 0 aliphatic heterocycles. The maximum Gasteiger partial charge on any atom is 0.413 e. The van der Waals surface area contributed by atoms with E-state index in [2.05, 4.69) is 4.98 Å². The van der Waals surface area contributed by atoms with E-state index in [9.17, 15) is 22.0 Å². The molecule has 1 heterocycles. The van der Waals surface area contributed by atoms with Crippen molar-refractivity contribution in [3.63, 3.8) is 0 Å². The summed E-state index contributed by atoms with van der Waals surface area (Å²) in [7, 11) is -5.22. The van der Waals surface area contributed by atoms with Crippen LogP contribution >= 0.6 is 11.3 Å². The van der Waals surface area contributed by atoms with Crippen LogP contribution < -0.4 is 0 Å². The maximum absolute atomic E-state index is 14.3. The lowest BCUT2D eigenvalue weighted by atomic mass is 10.1. The highest BCUT2D eigenvalue weighted by molar-refractivity contribution is 7.95. The van der Waals surface area contributed by atoms with Gasteiger partial charge in [-0.2, -0.15) is 8.78 Å². The predicted octanol–water partition coefficient (Wildman–Crippen LogP) is 3.55. The zero-order valence-electron chi connectivity index (χ0n) is 11.4. The van der Waals surface area contributed by atoms with E-state index < -0.39 is 25.2 Å². The van der Waals surface area contributed by atoms with E-state index in [1.165, 1.54) is 24.3 Å². The Bertz CT molecular complexity index is 949. The van der Waals surface area contributed by atoms with Gasteiger partial charge in [0.15, 0.2) is 0 Å². The van der Waals surface area contributed by atoms with Gasteiger partial charge < -0.3 is 0 Å². The van der Waals surface area contributed by atoms with Gasteiger partial charge in [-0.3, -0.25) is 4.79 Å². The summed E-state index contributed by atoms with van der Waals surface area (Å²) in [6.45, 7) is 0. The van der Waals surface area contributed by atoms with Crippen LogP contribution in [-0.2, 0) is 9.84 Å². The minimum atomic E-state index is -5.22. The van der Waals surface area contributed by atoms with Gasteiger partial charge in [-0.05, 0) is 12.1 Å². The number of para-hydroxylation sites is 1. The Labute approximate surface area is 134 Å². The summed E-state index contributed by atoms with van der Waals surface area (Å²) in [5.41, 5.74) is -0.0822. The van der Waals surface area contributed by atoms with Gasteiger partial charge in [-0.1, -0.05) is 42.5 Å². The summed E-state index contributed by atoms with van der Waals surface area (Å²) in [6, 6.07) is 12.9. The normalized spacial score (nSPS) is 12.4. The van der Waals surface area contributed by atoms with Crippen molar-refractivity contribution >= 4 is 37.2 Å². The van der Waals surface area contributed by atoms with E-state index in [4.69, 9.17) is 0 Å². The molecule has 0 amide bonds. The molecule has 3 aromatic rings. The van der Waals surface area contributed by atoms with Crippen LogP contribution in [0.15, 0.2) is 58.9 Å². The number of sulfone groups is 1. The van der Waals surface area contributed by atoms with Crippen LogP contribution in [0, 0.1) is 0 Å². The number of nitrogens with zero attached hydrogens (tertiary/aromatic N) is 1. The van der Waals surface area contributed by atoms with Crippen LogP contribution in [0.3, 0.4) is 0 Å². The number of Topliss-reactive ketones (excluding diaryl/α,β-unsaturated/α-hetero) is 1. The zero-order chi connectivity index (χ0) is 16.7. The first-order chi connectivity index (χ1) is 10.8. The summed E-state index contributed by atoms with van der Waals surface area (Å²) in [4.78, 5) is 15.7. The number of benzene rings is 2. The van der Waals surface area contributed by atoms with E-state index in [0.717, 1.165) is 12.1 Å². The zero-order valence-corrected chi connectivity index (χ0v) is 13.1. The molecule has 0 aliphatic rings. The summed E-state index contributed by atoms with van der Waals surface area (Å²) in [6.07, 6.45) is 0. The minimum absolute atomic E-state index is 0.291.